The van der Waals surface area contributed by atoms with Crippen molar-refractivity contribution >= 4 is 49.8 Å². The molecule has 0 aliphatic heterocycles. The van der Waals surface area contributed by atoms with Crippen molar-refractivity contribution in [1.82, 2.24) is 15.7 Å². The zero-order chi connectivity index (χ0) is 15.4. The van der Waals surface area contributed by atoms with Crippen LogP contribution in [0.4, 0.5) is 5.82 Å². The number of amides is 1. The minimum Gasteiger partial charge on any atom is -0.495 e. The number of ether oxygens (including phenoxy) is 1. The first-order valence-electron chi connectivity index (χ1n) is 5.47. The number of hydrogen-bond acceptors (Lipinski definition) is 7. The number of methoxy groups -OCH3 is 1. The third kappa shape index (κ3) is 3.58. The Kier molecular flexibility index (Phi) is 4.91. The van der Waals surface area contributed by atoms with Gasteiger partial charge >= 0.3 is 0 Å². The van der Waals surface area contributed by atoms with Crippen LogP contribution in [0.15, 0.2) is 30.8 Å². The van der Waals surface area contributed by atoms with Gasteiger partial charge in [-0.3, -0.25) is 4.79 Å². The molecular formula is C11H9Br2N5O3. The topological polar surface area (TPSA) is 116 Å². The van der Waals surface area contributed by atoms with Crippen molar-refractivity contribution in [3.05, 3.63) is 32.3 Å². The molecule has 0 spiro atoms. The number of nitrogens with zero attached hydrogens (tertiary/aromatic N) is 3. The molecule has 0 unspecified atom stereocenters. The largest absolute Gasteiger partial charge is 0.495 e. The highest BCUT2D eigenvalue weighted by Crippen LogP contribution is 2.31. The highest BCUT2D eigenvalue weighted by Gasteiger charge is 2.15. The number of nitrogen functional groups attached to an aromatic ring is 1. The number of aromatic nitrogens is 2. The van der Waals surface area contributed by atoms with E-state index in [2.05, 4.69) is 57.3 Å². The molecule has 1 amide bonds. The molecule has 0 saturated carbocycles. The number of nitrogens with one attached hydrogen (secondary N) is 1. The molecule has 0 fully saturated rings. The van der Waals surface area contributed by atoms with Crippen molar-refractivity contribution in [3.63, 3.8) is 0 Å². The van der Waals surface area contributed by atoms with Crippen molar-refractivity contribution in [1.29, 1.82) is 0 Å². The number of nitrogens with two attached hydrogens (primary N) is 1. The number of hydrazone groups is 1. The van der Waals surface area contributed by atoms with Crippen LogP contribution in [0.25, 0.3) is 0 Å². The van der Waals surface area contributed by atoms with E-state index in [9.17, 15) is 4.79 Å². The van der Waals surface area contributed by atoms with E-state index in [1.54, 1.807) is 6.07 Å². The Morgan fingerprint density at radius 1 is 1.48 bits per heavy atom. The van der Waals surface area contributed by atoms with Crippen molar-refractivity contribution in [3.8, 4) is 5.75 Å². The van der Waals surface area contributed by atoms with Crippen molar-refractivity contribution in [2.45, 2.75) is 0 Å². The van der Waals surface area contributed by atoms with Crippen molar-refractivity contribution < 1.29 is 14.2 Å². The van der Waals surface area contributed by atoms with Gasteiger partial charge in [-0.15, -0.1) is 0 Å². The molecule has 10 heteroatoms. The zero-order valence-corrected chi connectivity index (χ0v) is 13.8. The summed E-state index contributed by atoms with van der Waals surface area (Å²) >= 11 is 6.73. The minimum absolute atomic E-state index is 0.106. The lowest BCUT2D eigenvalue weighted by Crippen LogP contribution is -2.19. The number of carbonyl (C=O) groups excluding carboxylic acids is 1. The van der Waals surface area contributed by atoms with Crippen LogP contribution in [0.2, 0.25) is 0 Å². The molecule has 21 heavy (non-hydrogen) atoms. The van der Waals surface area contributed by atoms with Gasteiger partial charge in [0.1, 0.15) is 5.75 Å². The quantitative estimate of drug-likeness (QED) is 0.579. The van der Waals surface area contributed by atoms with Gasteiger partial charge in [0.15, 0.2) is 0 Å². The summed E-state index contributed by atoms with van der Waals surface area (Å²) in [6.07, 6.45) is 1.43. The molecular weight excluding hydrogens is 410 g/mol. The van der Waals surface area contributed by atoms with E-state index in [0.29, 0.717) is 11.3 Å². The first-order chi connectivity index (χ1) is 10.0. The van der Waals surface area contributed by atoms with Gasteiger partial charge in [-0.2, -0.15) is 5.10 Å². The normalized spacial score (nSPS) is 10.8. The van der Waals surface area contributed by atoms with Crippen molar-refractivity contribution in [2.75, 3.05) is 12.8 Å². The molecule has 1 aromatic heterocycles. The van der Waals surface area contributed by atoms with Crippen LogP contribution >= 0.6 is 31.9 Å². The van der Waals surface area contributed by atoms with E-state index in [0.717, 1.165) is 8.95 Å². The Morgan fingerprint density at radius 2 is 2.24 bits per heavy atom. The van der Waals surface area contributed by atoms with Crippen LogP contribution in [0.5, 0.6) is 5.75 Å². The summed E-state index contributed by atoms with van der Waals surface area (Å²) in [6, 6.07) is 3.61. The first-order valence-corrected chi connectivity index (χ1v) is 7.06. The third-order valence-corrected chi connectivity index (χ3v) is 3.39. The second-order valence-electron chi connectivity index (χ2n) is 3.71. The highest BCUT2D eigenvalue weighted by atomic mass is 79.9. The van der Waals surface area contributed by atoms with E-state index in [1.165, 1.54) is 13.3 Å². The second kappa shape index (κ2) is 6.68. The summed E-state index contributed by atoms with van der Waals surface area (Å²) < 4.78 is 11.2. The Hall–Kier alpha value is -1.94. The maximum atomic E-state index is 11.7. The van der Waals surface area contributed by atoms with Gasteiger partial charge in [0.25, 0.3) is 5.91 Å². The van der Waals surface area contributed by atoms with Crippen LogP contribution in [-0.2, 0) is 0 Å². The SMILES string of the molecule is COc1c(Br)cc(Br)cc1/C=N\NC(=O)c1nonc1N. The van der Waals surface area contributed by atoms with Crippen LogP contribution < -0.4 is 15.9 Å². The molecule has 0 aliphatic carbocycles. The average Bonchev–Trinajstić information content (AvgIpc) is 2.84. The van der Waals surface area contributed by atoms with Crippen LogP contribution in [-0.4, -0.2) is 29.5 Å². The summed E-state index contributed by atoms with van der Waals surface area (Å²) in [7, 11) is 1.53. The number of rotatable bonds is 4. The molecule has 1 heterocycles. The fourth-order valence-electron chi connectivity index (χ4n) is 1.46. The minimum atomic E-state index is -0.627. The van der Waals surface area contributed by atoms with Gasteiger partial charge in [0, 0.05) is 10.0 Å². The summed E-state index contributed by atoms with van der Waals surface area (Å²) in [4.78, 5) is 11.7. The van der Waals surface area contributed by atoms with E-state index < -0.39 is 5.91 Å². The third-order valence-electron chi connectivity index (χ3n) is 2.34. The predicted octanol–water partition coefficient (Wildman–Crippen LogP) is 1.95. The van der Waals surface area contributed by atoms with Crippen LogP contribution in [0, 0.1) is 0 Å². The number of anilines is 1. The van der Waals surface area contributed by atoms with Gasteiger partial charge in [0.05, 0.1) is 17.8 Å². The number of carbonyl (C=O) groups is 1. The lowest BCUT2D eigenvalue weighted by atomic mass is 10.2. The lowest BCUT2D eigenvalue weighted by molar-refractivity contribution is 0.0946. The van der Waals surface area contributed by atoms with Gasteiger partial charge in [-0.25, -0.2) is 10.1 Å². The van der Waals surface area contributed by atoms with Crippen LogP contribution in [0.3, 0.4) is 0 Å². The van der Waals surface area contributed by atoms with Crippen molar-refractivity contribution in [2.24, 2.45) is 5.10 Å². The fourth-order valence-corrected chi connectivity index (χ4v) is 2.88. The van der Waals surface area contributed by atoms with Gasteiger partial charge in [-0.05, 0) is 38.4 Å². The Balaban J connectivity index is 2.15. The number of halogens is 2. The molecule has 2 aromatic rings. The smallest absolute Gasteiger partial charge is 0.297 e. The molecule has 8 nitrogen and oxygen atoms in total. The standard InChI is InChI=1S/C11H9Br2N5O3/c1-20-9-5(2-6(12)3-7(9)13)4-15-16-11(19)8-10(14)18-21-17-8/h2-4H,1H3,(H2,14,18)(H,16,19)/b15-4-. The summed E-state index contributed by atoms with van der Waals surface area (Å²) in [6.45, 7) is 0. The molecule has 110 valence electrons. The first kappa shape index (κ1) is 15.4. The lowest BCUT2D eigenvalue weighted by Gasteiger charge is -2.07. The summed E-state index contributed by atoms with van der Waals surface area (Å²) in [5, 5.41) is 10.5. The molecule has 3 N–H and O–H groups in total. The average molecular weight is 419 g/mol. The number of hydrogen-bond donors (Lipinski definition) is 2. The molecule has 1 aromatic carbocycles. The predicted molar refractivity (Wildman–Crippen MR) is 82.2 cm³/mol. The Labute approximate surface area is 135 Å². The Bertz CT molecular complexity index is 701. The van der Waals surface area contributed by atoms with Gasteiger partial charge in [0.2, 0.25) is 11.5 Å². The molecule has 0 radical (unpaired) electrons. The van der Waals surface area contributed by atoms with E-state index >= 15 is 0 Å². The maximum Gasteiger partial charge on any atom is 0.297 e. The zero-order valence-electron chi connectivity index (χ0n) is 10.6. The van der Waals surface area contributed by atoms with Gasteiger partial charge < -0.3 is 10.5 Å². The van der Waals surface area contributed by atoms with E-state index in [-0.39, 0.29) is 11.5 Å². The van der Waals surface area contributed by atoms with Crippen LogP contribution in [0.1, 0.15) is 16.1 Å². The maximum absolute atomic E-state index is 11.7. The second-order valence-corrected chi connectivity index (χ2v) is 5.48. The van der Waals surface area contributed by atoms with E-state index in [1.807, 2.05) is 6.07 Å². The molecule has 2 rings (SSSR count). The molecule has 0 saturated heterocycles. The van der Waals surface area contributed by atoms with E-state index in [4.69, 9.17) is 10.5 Å². The Morgan fingerprint density at radius 3 is 2.86 bits per heavy atom. The molecule has 0 aliphatic rings. The summed E-state index contributed by atoms with van der Waals surface area (Å²) in [5.41, 5.74) is 8.19. The summed E-state index contributed by atoms with van der Waals surface area (Å²) in [5.74, 6) is -0.151. The molecule has 0 atom stereocenters. The monoisotopic (exact) mass is 417 g/mol. The fraction of sp³-hybridized carbons (Fsp3) is 0.0909. The number of benzene rings is 1. The molecule has 0 bridgehead atoms. The van der Waals surface area contributed by atoms with Gasteiger partial charge in [-0.1, -0.05) is 15.9 Å². The highest BCUT2D eigenvalue weighted by molar-refractivity contribution is 9.11.